The third-order valence-corrected chi connectivity index (χ3v) is 5.75. The van der Waals surface area contributed by atoms with Gasteiger partial charge in [0.1, 0.15) is 18.0 Å². The molecule has 2 aliphatic rings. The third-order valence-electron chi connectivity index (χ3n) is 5.75. The molecule has 1 fully saturated rings. The Kier molecular flexibility index (Phi) is 6.78. The highest BCUT2D eigenvalue weighted by atomic mass is 19.1. The lowest BCUT2D eigenvalue weighted by Crippen LogP contribution is -2.46. The van der Waals surface area contributed by atoms with E-state index in [0.717, 1.165) is 30.5 Å². The highest BCUT2D eigenvalue weighted by Gasteiger charge is 2.24. The Morgan fingerprint density at radius 1 is 1.25 bits per heavy atom. The predicted molar refractivity (Wildman–Crippen MR) is 116 cm³/mol. The first-order valence-corrected chi connectivity index (χ1v) is 10.8. The number of halogens is 1. The molecular formula is C24H25FN4O3. The van der Waals surface area contributed by atoms with Crippen molar-refractivity contribution in [3.8, 4) is 17.2 Å². The number of hydrogen-bond acceptors (Lipinski definition) is 5. The number of benzene rings is 2. The number of hydrogen-bond donors (Lipinski definition) is 3. The van der Waals surface area contributed by atoms with Gasteiger partial charge in [-0.2, -0.15) is 5.26 Å². The number of carbonyl (C=O) groups is 2. The van der Waals surface area contributed by atoms with Gasteiger partial charge in [0.15, 0.2) is 0 Å². The highest BCUT2D eigenvalue weighted by molar-refractivity contribution is 5.97. The summed E-state index contributed by atoms with van der Waals surface area (Å²) in [6.07, 6.45) is 0.949. The van der Waals surface area contributed by atoms with Gasteiger partial charge in [0, 0.05) is 31.7 Å². The minimum Gasteiger partial charge on any atom is -0.367 e. The van der Waals surface area contributed by atoms with Crippen molar-refractivity contribution in [3.63, 3.8) is 0 Å². The van der Waals surface area contributed by atoms with Crippen molar-refractivity contribution < 1.29 is 18.7 Å². The topological polar surface area (TPSA) is 103 Å². The molecule has 0 bridgehead atoms. The molecule has 0 saturated carbocycles. The van der Waals surface area contributed by atoms with Gasteiger partial charge in [0.05, 0.1) is 6.07 Å². The molecule has 2 aromatic rings. The average Bonchev–Trinajstić information content (AvgIpc) is 3.09. The number of rotatable bonds is 5. The van der Waals surface area contributed by atoms with E-state index in [0.29, 0.717) is 36.4 Å². The van der Waals surface area contributed by atoms with E-state index in [-0.39, 0.29) is 18.2 Å². The van der Waals surface area contributed by atoms with Crippen LogP contribution in [-0.2, 0) is 22.4 Å². The molecule has 4 rings (SSSR count). The first-order chi connectivity index (χ1) is 15.5. The Hall–Kier alpha value is -3.28. The van der Waals surface area contributed by atoms with E-state index in [4.69, 9.17) is 4.74 Å². The quantitative estimate of drug-likeness (QED) is 0.662. The maximum absolute atomic E-state index is 14.9. The molecule has 166 valence electrons. The molecule has 2 unspecified atom stereocenters. The molecule has 0 spiro atoms. The Morgan fingerprint density at radius 2 is 2.06 bits per heavy atom. The fourth-order valence-corrected chi connectivity index (χ4v) is 4.00. The molecular weight excluding hydrogens is 411 g/mol. The van der Waals surface area contributed by atoms with Crippen LogP contribution >= 0.6 is 0 Å². The Bertz CT molecular complexity index is 1060. The van der Waals surface area contributed by atoms with Crippen LogP contribution in [0.3, 0.4) is 0 Å². The molecule has 3 N–H and O–H groups in total. The monoisotopic (exact) mass is 436 g/mol. The van der Waals surface area contributed by atoms with Crippen molar-refractivity contribution in [3.05, 3.63) is 58.9 Å². The van der Waals surface area contributed by atoms with Crippen LogP contribution in [0.15, 0.2) is 36.4 Å². The van der Waals surface area contributed by atoms with Crippen molar-refractivity contribution in [1.82, 2.24) is 16.0 Å². The van der Waals surface area contributed by atoms with Gasteiger partial charge < -0.3 is 20.7 Å². The molecule has 0 radical (unpaired) electrons. The molecule has 2 amide bonds. The summed E-state index contributed by atoms with van der Waals surface area (Å²) in [5.41, 5.74) is 3.45. The van der Waals surface area contributed by atoms with Crippen molar-refractivity contribution in [2.24, 2.45) is 0 Å². The highest BCUT2D eigenvalue weighted by Crippen LogP contribution is 2.26. The van der Waals surface area contributed by atoms with Gasteiger partial charge in [-0.15, -0.1) is 0 Å². The second-order valence-electron chi connectivity index (χ2n) is 8.00. The van der Waals surface area contributed by atoms with Gasteiger partial charge in [-0.3, -0.25) is 9.59 Å². The lowest BCUT2D eigenvalue weighted by molar-refractivity contribution is -0.132. The van der Waals surface area contributed by atoms with Gasteiger partial charge in [-0.1, -0.05) is 24.3 Å². The summed E-state index contributed by atoms with van der Waals surface area (Å²) in [7, 11) is 0. The maximum Gasteiger partial charge on any atom is 0.251 e. The van der Waals surface area contributed by atoms with Gasteiger partial charge in [-0.05, 0) is 53.8 Å². The number of nitrogens with one attached hydrogen (secondary N) is 3. The fraction of sp³-hybridized carbons (Fsp3) is 0.375. The molecule has 2 atom stereocenters. The zero-order valence-electron chi connectivity index (χ0n) is 17.6. The van der Waals surface area contributed by atoms with Crippen LogP contribution in [0.25, 0.3) is 11.1 Å². The van der Waals surface area contributed by atoms with Crippen LogP contribution in [-0.4, -0.2) is 50.2 Å². The lowest BCUT2D eigenvalue weighted by Gasteiger charge is -2.18. The zero-order valence-corrected chi connectivity index (χ0v) is 17.6. The molecule has 7 nitrogen and oxygen atoms in total. The summed E-state index contributed by atoms with van der Waals surface area (Å²) >= 11 is 0. The number of carbonyl (C=O) groups excluding carboxylic acids is 2. The molecule has 2 aromatic carbocycles. The largest absolute Gasteiger partial charge is 0.367 e. The Morgan fingerprint density at radius 3 is 2.88 bits per heavy atom. The summed E-state index contributed by atoms with van der Waals surface area (Å²) in [5, 5.41) is 18.1. The van der Waals surface area contributed by atoms with Crippen molar-refractivity contribution >= 4 is 11.8 Å². The van der Waals surface area contributed by atoms with Crippen LogP contribution in [0.1, 0.15) is 27.9 Å². The van der Waals surface area contributed by atoms with E-state index >= 15 is 0 Å². The van der Waals surface area contributed by atoms with Crippen molar-refractivity contribution in [1.29, 1.82) is 5.26 Å². The van der Waals surface area contributed by atoms with Gasteiger partial charge in [0.25, 0.3) is 11.8 Å². The summed E-state index contributed by atoms with van der Waals surface area (Å²) in [4.78, 5) is 24.3. The molecule has 2 aliphatic heterocycles. The second-order valence-corrected chi connectivity index (χ2v) is 8.00. The smallest absolute Gasteiger partial charge is 0.251 e. The average molecular weight is 436 g/mol. The normalized spacial score (nSPS) is 19.1. The standard InChI is InChI=1S/C24H25FN4O3/c25-21-12-16(15-4-5-20-17(10-15)6-8-28-23(20)30)2-3-18(21)11-19(13-26)29-24(31)22-14-27-7-1-9-32-22/h2-5,10,12,19,22,27H,1,6-9,11,14H2,(H,28,30)(H,29,31). The van der Waals surface area contributed by atoms with E-state index in [9.17, 15) is 19.2 Å². The summed E-state index contributed by atoms with van der Waals surface area (Å²) in [6.45, 7) is 2.23. The first kappa shape index (κ1) is 21.9. The van der Waals surface area contributed by atoms with E-state index in [1.165, 1.54) is 6.07 Å². The van der Waals surface area contributed by atoms with Crippen LogP contribution < -0.4 is 16.0 Å². The van der Waals surface area contributed by atoms with Gasteiger partial charge in [0.2, 0.25) is 0 Å². The Labute approximate surface area is 186 Å². The number of fused-ring (bicyclic) bond motifs is 1. The molecule has 32 heavy (non-hydrogen) atoms. The van der Waals surface area contributed by atoms with E-state index in [1.807, 2.05) is 12.1 Å². The lowest BCUT2D eigenvalue weighted by atomic mass is 9.94. The summed E-state index contributed by atoms with van der Waals surface area (Å²) in [6, 6.07) is 11.5. The first-order valence-electron chi connectivity index (χ1n) is 10.8. The third kappa shape index (κ3) is 4.96. The minimum absolute atomic E-state index is 0.0544. The molecule has 0 aliphatic carbocycles. The summed E-state index contributed by atoms with van der Waals surface area (Å²) < 4.78 is 20.4. The Balaban J connectivity index is 1.45. The number of ether oxygens (including phenoxy) is 1. The van der Waals surface area contributed by atoms with Crippen LogP contribution in [0.4, 0.5) is 4.39 Å². The van der Waals surface area contributed by atoms with Crippen LogP contribution in [0.5, 0.6) is 0 Å². The molecule has 2 heterocycles. The number of amides is 2. The van der Waals surface area contributed by atoms with Crippen molar-refractivity contribution in [2.75, 3.05) is 26.2 Å². The zero-order chi connectivity index (χ0) is 22.5. The predicted octanol–water partition coefficient (Wildman–Crippen LogP) is 1.71. The van der Waals surface area contributed by atoms with Crippen LogP contribution in [0.2, 0.25) is 0 Å². The van der Waals surface area contributed by atoms with Gasteiger partial charge in [-0.25, -0.2) is 4.39 Å². The van der Waals surface area contributed by atoms with E-state index in [1.54, 1.807) is 24.3 Å². The van der Waals surface area contributed by atoms with Crippen LogP contribution in [0, 0.1) is 17.1 Å². The molecule has 8 heteroatoms. The van der Waals surface area contributed by atoms with E-state index in [2.05, 4.69) is 16.0 Å². The molecule has 1 saturated heterocycles. The summed E-state index contributed by atoms with van der Waals surface area (Å²) in [5.74, 6) is -0.908. The van der Waals surface area contributed by atoms with Gasteiger partial charge >= 0.3 is 0 Å². The SMILES string of the molecule is N#CC(Cc1ccc(-c2ccc3c(c2)CCNC3=O)cc1F)NC(=O)C1CNCCCO1. The molecule has 0 aromatic heterocycles. The minimum atomic E-state index is -0.864. The van der Waals surface area contributed by atoms with E-state index < -0.39 is 18.0 Å². The second kappa shape index (κ2) is 9.90. The number of nitriles is 1. The number of nitrogens with zero attached hydrogens (tertiary/aromatic N) is 1. The maximum atomic E-state index is 14.9. The fourth-order valence-electron chi connectivity index (χ4n) is 4.00. The van der Waals surface area contributed by atoms with Crippen molar-refractivity contribution in [2.45, 2.75) is 31.4 Å².